The van der Waals surface area contributed by atoms with Crippen LogP contribution in [0.15, 0.2) is 41.0 Å². The molecule has 0 saturated carbocycles. The van der Waals surface area contributed by atoms with Gasteiger partial charge >= 0.3 is 0 Å². The van der Waals surface area contributed by atoms with E-state index in [1.807, 2.05) is 58.0 Å². The largest absolute Gasteiger partial charge is 0.402 e. The molecule has 1 aromatic carbocycles. The number of allylic oxidation sites excluding steroid dienone is 2. The molecule has 3 nitrogen and oxygen atoms in total. The molecule has 1 rings (SSSR count). The van der Waals surface area contributed by atoms with Crippen molar-refractivity contribution in [2.24, 2.45) is 16.1 Å². The number of aliphatic imine (C=N–C) groups is 1. The maximum absolute atomic E-state index is 11.4. The van der Waals surface area contributed by atoms with Crippen LogP contribution in [-0.2, 0) is 4.79 Å². The van der Waals surface area contributed by atoms with Crippen LogP contribution < -0.4 is 5.73 Å². The van der Waals surface area contributed by atoms with E-state index in [1.165, 1.54) is 5.56 Å². The Balaban J connectivity index is 3.12. The van der Waals surface area contributed by atoms with Gasteiger partial charge in [-0.15, -0.1) is 0 Å². The van der Waals surface area contributed by atoms with Crippen LogP contribution in [0.2, 0.25) is 0 Å². The Morgan fingerprint density at radius 1 is 1.25 bits per heavy atom. The maximum atomic E-state index is 11.4. The van der Waals surface area contributed by atoms with E-state index in [0.717, 1.165) is 11.4 Å². The quantitative estimate of drug-likeness (QED) is 0.844. The molecule has 0 aliphatic heterocycles. The Morgan fingerprint density at radius 2 is 1.80 bits per heavy atom. The maximum Gasteiger partial charge on any atom is 0.135 e. The molecule has 1 aromatic rings. The van der Waals surface area contributed by atoms with E-state index in [0.29, 0.717) is 12.1 Å². The normalized spacial score (nSPS) is 13.4. The van der Waals surface area contributed by atoms with Gasteiger partial charge in [0.25, 0.3) is 0 Å². The minimum absolute atomic E-state index is 0.0776. The van der Waals surface area contributed by atoms with Crippen molar-refractivity contribution in [2.45, 2.75) is 41.0 Å². The van der Waals surface area contributed by atoms with Gasteiger partial charge in [0.15, 0.2) is 0 Å². The number of nitrogens with zero attached hydrogens (tertiary/aromatic N) is 1. The van der Waals surface area contributed by atoms with E-state index in [-0.39, 0.29) is 11.2 Å². The minimum Gasteiger partial charge on any atom is -0.402 e. The summed E-state index contributed by atoms with van der Waals surface area (Å²) in [7, 11) is 0. The smallest absolute Gasteiger partial charge is 0.135 e. The third-order valence-corrected chi connectivity index (χ3v) is 2.92. The zero-order valence-corrected chi connectivity index (χ0v) is 13.0. The van der Waals surface area contributed by atoms with Gasteiger partial charge in [-0.1, -0.05) is 38.5 Å². The molecular weight excluding hydrogens is 248 g/mol. The van der Waals surface area contributed by atoms with Crippen molar-refractivity contribution < 1.29 is 4.79 Å². The van der Waals surface area contributed by atoms with E-state index in [9.17, 15) is 4.79 Å². The molecule has 108 valence electrons. The lowest BCUT2D eigenvalue weighted by atomic mass is 9.91. The highest BCUT2D eigenvalue weighted by molar-refractivity contribution is 6.08. The van der Waals surface area contributed by atoms with Crippen molar-refractivity contribution in [3.8, 4) is 0 Å². The van der Waals surface area contributed by atoms with Crippen molar-refractivity contribution in [3.05, 3.63) is 41.6 Å². The van der Waals surface area contributed by atoms with Crippen LogP contribution in [0.1, 0.15) is 39.7 Å². The van der Waals surface area contributed by atoms with Gasteiger partial charge in [0, 0.05) is 17.5 Å². The Morgan fingerprint density at radius 3 is 2.25 bits per heavy atom. The van der Waals surface area contributed by atoms with Crippen molar-refractivity contribution in [3.63, 3.8) is 0 Å². The Bertz CT molecular complexity index is 531. The van der Waals surface area contributed by atoms with E-state index in [4.69, 9.17) is 5.73 Å². The van der Waals surface area contributed by atoms with Crippen LogP contribution >= 0.6 is 0 Å². The molecule has 0 spiro atoms. The average molecular weight is 272 g/mol. The zero-order valence-electron chi connectivity index (χ0n) is 13.0. The predicted octanol–water partition coefficient (Wildman–Crippen LogP) is 3.94. The van der Waals surface area contributed by atoms with E-state index in [2.05, 4.69) is 4.99 Å². The Hall–Kier alpha value is -1.90. The highest BCUT2D eigenvalue weighted by Crippen LogP contribution is 2.21. The summed E-state index contributed by atoms with van der Waals surface area (Å²) >= 11 is 0. The highest BCUT2D eigenvalue weighted by Gasteiger charge is 2.14. The fraction of sp³-hybridized carbons (Fsp3) is 0.412. The second kappa shape index (κ2) is 6.51. The molecule has 0 heterocycles. The second-order valence-electron chi connectivity index (χ2n) is 6.17. The summed E-state index contributed by atoms with van der Waals surface area (Å²) in [6.07, 6.45) is 2.12. The number of carbonyl (C=O) groups is 1. The molecular formula is C17H24N2O. The molecule has 0 radical (unpaired) electrons. The topological polar surface area (TPSA) is 55.5 Å². The molecule has 0 atom stereocenters. The van der Waals surface area contributed by atoms with Crippen LogP contribution in [-0.4, -0.2) is 11.5 Å². The number of nitrogens with two attached hydrogens (primary N) is 1. The number of hydrogen-bond donors (Lipinski definition) is 1. The first-order valence-electron chi connectivity index (χ1n) is 6.80. The van der Waals surface area contributed by atoms with Gasteiger partial charge in [-0.25, -0.2) is 0 Å². The summed E-state index contributed by atoms with van der Waals surface area (Å²) in [5.41, 5.74) is 9.39. The summed E-state index contributed by atoms with van der Waals surface area (Å²) < 4.78 is 0. The number of benzene rings is 1. The predicted molar refractivity (Wildman–Crippen MR) is 85.3 cm³/mol. The second-order valence-corrected chi connectivity index (χ2v) is 6.17. The molecule has 0 aromatic heterocycles. The molecule has 20 heavy (non-hydrogen) atoms. The summed E-state index contributed by atoms with van der Waals surface area (Å²) in [4.78, 5) is 15.9. The summed E-state index contributed by atoms with van der Waals surface area (Å²) in [6.45, 7) is 9.70. The SMILES string of the molecule is CC(=O)CC(C=C(N)C(C)(C)C)=Nc1ccc(C)cc1. The van der Waals surface area contributed by atoms with Gasteiger partial charge in [-0.05, 0) is 32.1 Å². The number of ketones is 1. The number of aryl methyl sites for hydroxylation is 1. The number of Topliss-reactive ketones (excluding diaryl/α,β-unsaturated/α-hetero) is 1. The van der Waals surface area contributed by atoms with Gasteiger partial charge in [0.1, 0.15) is 5.78 Å². The van der Waals surface area contributed by atoms with Crippen LogP contribution in [0.3, 0.4) is 0 Å². The standard InChI is InChI=1S/C17H24N2O/c1-12-6-8-14(9-7-12)19-15(10-13(2)20)11-16(18)17(3,4)5/h6-9,11H,10,18H2,1-5H3. The van der Waals surface area contributed by atoms with Crippen LogP contribution in [0.25, 0.3) is 0 Å². The summed E-state index contributed by atoms with van der Waals surface area (Å²) in [5.74, 6) is 0.0776. The molecule has 3 heteroatoms. The third kappa shape index (κ3) is 5.39. The monoisotopic (exact) mass is 272 g/mol. The van der Waals surface area contributed by atoms with Gasteiger partial charge in [-0.2, -0.15) is 0 Å². The average Bonchev–Trinajstić information content (AvgIpc) is 2.30. The molecule has 0 aliphatic rings. The van der Waals surface area contributed by atoms with Gasteiger partial charge < -0.3 is 5.73 Å². The van der Waals surface area contributed by atoms with Gasteiger partial charge in [0.2, 0.25) is 0 Å². The molecule has 0 aliphatic carbocycles. The molecule has 0 amide bonds. The summed E-state index contributed by atoms with van der Waals surface area (Å²) in [5, 5.41) is 0. The first-order chi connectivity index (χ1) is 9.18. The van der Waals surface area contributed by atoms with Gasteiger partial charge in [0.05, 0.1) is 11.4 Å². The highest BCUT2D eigenvalue weighted by atomic mass is 16.1. The first-order valence-corrected chi connectivity index (χ1v) is 6.80. The molecule has 2 N–H and O–H groups in total. The van der Waals surface area contributed by atoms with E-state index in [1.54, 1.807) is 6.92 Å². The van der Waals surface area contributed by atoms with Crippen molar-refractivity contribution in [1.29, 1.82) is 0 Å². The number of hydrogen-bond acceptors (Lipinski definition) is 3. The van der Waals surface area contributed by atoms with Crippen LogP contribution in [0.5, 0.6) is 0 Å². The van der Waals surface area contributed by atoms with E-state index < -0.39 is 0 Å². The van der Waals surface area contributed by atoms with Crippen LogP contribution in [0.4, 0.5) is 5.69 Å². The number of rotatable bonds is 4. The van der Waals surface area contributed by atoms with Gasteiger partial charge in [-0.3, -0.25) is 9.79 Å². The van der Waals surface area contributed by atoms with Crippen molar-refractivity contribution in [2.75, 3.05) is 0 Å². The van der Waals surface area contributed by atoms with Crippen molar-refractivity contribution in [1.82, 2.24) is 0 Å². The Kier molecular flexibility index (Phi) is 5.26. The Labute approximate surface area is 121 Å². The third-order valence-electron chi connectivity index (χ3n) is 2.92. The molecule has 0 unspecified atom stereocenters. The fourth-order valence-electron chi connectivity index (χ4n) is 1.56. The minimum atomic E-state index is -0.134. The zero-order chi connectivity index (χ0) is 15.3. The van der Waals surface area contributed by atoms with E-state index >= 15 is 0 Å². The van der Waals surface area contributed by atoms with Crippen LogP contribution in [0, 0.1) is 12.3 Å². The molecule has 0 fully saturated rings. The summed E-state index contributed by atoms with van der Waals surface area (Å²) in [6, 6.07) is 7.88. The van der Waals surface area contributed by atoms with Crippen molar-refractivity contribution >= 4 is 17.2 Å². The first kappa shape index (κ1) is 16.2. The lowest BCUT2D eigenvalue weighted by molar-refractivity contribution is -0.115. The lowest BCUT2D eigenvalue weighted by Crippen LogP contribution is -2.19. The fourth-order valence-corrected chi connectivity index (χ4v) is 1.56. The number of carbonyl (C=O) groups excluding carboxylic acids is 1. The lowest BCUT2D eigenvalue weighted by Gasteiger charge is -2.19. The molecule has 0 saturated heterocycles. The molecule has 0 bridgehead atoms.